The number of carbonyl (C=O) groups excluding carboxylic acids is 1. The van der Waals surface area contributed by atoms with Gasteiger partial charge in [0, 0.05) is 25.2 Å². The minimum Gasteiger partial charge on any atom is -0.445 e. The van der Waals surface area contributed by atoms with Crippen LogP contribution >= 0.6 is 11.3 Å². The molecule has 0 saturated carbocycles. The number of rotatable bonds is 3. The first-order valence-corrected chi connectivity index (χ1v) is 9.69. The zero-order chi connectivity index (χ0) is 17.9. The van der Waals surface area contributed by atoms with Crippen LogP contribution in [0.3, 0.4) is 0 Å². The zero-order valence-corrected chi connectivity index (χ0v) is 15.5. The number of pyridine rings is 1. The number of benzene rings is 1. The van der Waals surface area contributed by atoms with Gasteiger partial charge in [0.05, 0.1) is 9.71 Å². The fourth-order valence-corrected chi connectivity index (χ4v) is 4.42. The van der Waals surface area contributed by atoms with Gasteiger partial charge < -0.3 is 9.64 Å². The average molecular weight is 367 g/mol. The molecule has 0 spiro atoms. The van der Waals surface area contributed by atoms with Gasteiger partial charge in [-0.3, -0.25) is 0 Å². The van der Waals surface area contributed by atoms with Crippen molar-refractivity contribution in [3.8, 4) is 0 Å². The van der Waals surface area contributed by atoms with Gasteiger partial charge in [-0.25, -0.2) is 14.8 Å². The molecule has 0 atom stereocenters. The molecule has 1 aliphatic rings. The first-order valence-electron chi connectivity index (χ1n) is 8.88. The Labute approximate surface area is 156 Å². The van der Waals surface area contributed by atoms with Gasteiger partial charge in [0.2, 0.25) is 0 Å². The number of aryl methyl sites for hydroxylation is 1. The summed E-state index contributed by atoms with van der Waals surface area (Å²) < 4.78 is 6.58. The van der Waals surface area contributed by atoms with E-state index in [4.69, 9.17) is 9.72 Å². The highest BCUT2D eigenvalue weighted by Crippen LogP contribution is 2.33. The Bertz CT molecular complexity index is 902. The van der Waals surface area contributed by atoms with E-state index in [1.165, 1.54) is 0 Å². The molecule has 134 valence electrons. The van der Waals surface area contributed by atoms with Crippen molar-refractivity contribution in [1.29, 1.82) is 0 Å². The second-order valence-corrected chi connectivity index (χ2v) is 7.75. The van der Waals surface area contributed by atoms with E-state index < -0.39 is 0 Å². The standard InChI is InChI=1S/C20H21N3O2S/c1-14-11-17-18(21-12-14)22-19(26-17)16-7-9-23(10-8-16)20(24)25-13-15-5-3-2-4-6-15/h2-6,11-12,16H,7-10,13H2,1H3. The Hall–Kier alpha value is -2.47. The summed E-state index contributed by atoms with van der Waals surface area (Å²) in [6.07, 6.45) is 3.46. The van der Waals surface area contributed by atoms with E-state index in [0.717, 1.165) is 39.3 Å². The van der Waals surface area contributed by atoms with Crippen molar-refractivity contribution in [3.05, 3.63) is 58.7 Å². The summed E-state index contributed by atoms with van der Waals surface area (Å²) in [6.45, 7) is 3.79. The van der Waals surface area contributed by atoms with E-state index in [9.17, 15) is 4.79 Å². The molecule has 1 aliphatic heterocycles. The van der Waals surface area contributed by atoms with E-state index in [0.29, 0.717) is 25.6 Å². The summed E-state index contributed by atoms with van der Waals surface area (Å²) in [6, 6.07) is 11.9. The van der Waals surface area contributed by atoms with Gasteiger partial charge in [-0.1, -0.05) is 30.3 Å². The van der Waals surface area contributed by atoms with Crippen LogP contribution in [0, 0.1) is 6.92 Å². The van der Waals surface area contributed by atoms with Crippen molar-refractivity contribution in [2.24, 2.45) is 0 Å². The number of ether oxygens (including phenoxy) is 1. The van der Waals surface area contributed by atoms with Crippen LogP contribution in [0.15, 0.2) is 42.6 Å². The van der Waals surface area contributed by atoms with Crippen LogP contribution in [0.2, 0.25) is 0 Å². The molecule has 1 saturated heterocycles. The predicted molar refractivity (Wildman–Crippen MR) is 102 cm³/mol. The highest BCUT2D eigenvalue weighted by molar-refractivity contribution is 7.18. The van der Waals surface area contributed by atoms with Gasteiger partial charge in [-0.2, -0.15) is 0 Å². The normalized spacial score (nSPS) is 15.3. The molecular formula is C20H21N3O2S. The van der Waals surface area contributed by atoms with E-state index >= 15 is 0 Å². The molecule has 3 aromatic rings. The maximum atomic E-state index is 12.3. The number of piperidine rings is 1. The summed E-state index contributed by atoms with van der Waals surface area (Å²) in [7, 11) is 0. The van der Waals surface area contributed by atoms with Crippen LogP contribution in [-0.2, 0) is 11.3 Å². The number of likely N-dealkylation sites (tertiary alicyclic amines) is 1. The largest absolute Gasteiger partial charge is 0.445 e. The van der Waals surface area contributed by atoms with Crippen LogP contribution in [0.5, 0.6) is 0 Å². The molecule has 2 aromatic heterocycles. The Kier molecular flexibility index (Phi) is 4.84. The van der Waals surface area contributed by atoms with Crippen molar-refractivity contribution in [1.82, 2.24) is 14.9 Å². The molecule has 0 N–H and O–H groups in total. The van der Waals surface area contributed by atoms with Gasteiger partial charge in [0.15, 0.2) is 5.65 Å². The number of amides is 1. The Morgan fingerprint density at radius 1 is 1.27 bits per heavy atom. The van der Waals surface area contributed by atoms with Crippen molar-refractivity contribution < 1.29 is 9.53 Å². The molecule has 0 radical (unpaired) electrons. The van der Waals surface area contributed by atoms with Crippen molar-refractivity contribution in [2.75, 3.05) is 13.1 Å². The second kappa shape index (κ2) is 7.41. The summed E-state index contributed by atoms with van der Waals surface area (Å²) >= 11 is 1.73. The molecule has 0 unspecified atom stereocenters. The predicted octanol–water partition coefficient (Wildman–Crippen LogP) is 4.52. The van der Waals surface area contributed by atoms with Gasteiger partial charge in [-0.15, -0.1) is 11.3 Å². The summed E-state index contributed by atoms with van der Waals surface area (Å²) in [5, 5.41) is 1.13. The third-order valence-corrected chi connectivity index (χ3v) is 5.86. The van der Waals surface area contributed by atoms with Crippen LogP contribution < -0.4 is 0 Å². The van der Waals surface area contributed by atoms with Crippen LogP contribution in [0.25, 0.3) is 10.3 Å². The molecular weight excluding hydrogens is 346 g/mol. The minimum absolute atomic E-state index is 0.228. The maximum Gasteiger partial charge on any atom is 0.410 e. The SMILES string of the molecule is Cc1cnc2nc(C3CCN(C(=O)OCc4ccccc4)CC3)sc2c1. The topological polar surface area (TPSA) is 55.3 Å². The smallest absolute Gasteiger partial charge is 0.410 e. The number of nitrogens with zero attached hydrogens (tertiary/aromatic N) is 3. The second-order valence-electron chi connectivity index (χ2n) is 6.69. The number of fused-ring (bicyclic) bond motifs is 1. The fraction of sp³-hybridized carbons (Fsp3) is 0.350. The molecule has 0 bridgehead atoms. The maximum absolute atomic E-state index is 12.3. The quantitative estimate of drug-likeness (QED) is 0.683. The minimum atomic E-state index is -0.228. The molecule has 1 amide bonds. The Morgan fingerprint density at radius 3 is 2.81 bits per heavy atom. The number of aromatic nitrogens is 2. The molecule has 5 nitrogen and oxygen atoms in total. The summed E-state index contributed by atoms with van der Waals surface area (Å²) in [5.41, 5.74) is 3.00. The van der Waals surface area contributed by atoms with E-state index in [-0.39, 0.29) is 6.09 Å². The van der Waals surface area contributed by atoms with Crippen molar-refractivity contribution in [3.63, 3.8) is 0 Å². The highest BCUT2D eigenvalue weighted by Gasteiger charge is 2.26. The molecule has 1 aromatic carbocycles. The fourth-order valence-electron chi connectivity index (χ4n) is 3.23. The lowest BCUT2D eigenvalue weighted by atomic mass is 9.98. The number of carbonyl (C=O) groups is 1. The summed E-state index contributed by atoms with van der Waals surface area (Å²) in [4.78, 5) is 23.2. The van der Waals surface area contributed by atoms with Crippen molar-refractivity contribution >= 4 is 27.8 Å². The molecule has 6 heteroatoms. The molecule has 3 heterocycles. The Balaban J connectivity index is 1.33. The van der Waals surface area contributed by atoms with Gasteiger partial charge in [-0.05, 0) is 37.0 Å². The molecule has 0 aliphatic carbocycles. The molecule has 1 fully saturated rings. The first-order chi connectivity index (χ1) is 12.7. The zero-order valence-electron chi connectivity index (χ0n) is 14.7. The average Bonchev–Trinajstić information content (AvgIpc) is 3.10. The lowest BCUT2D eigenvalue weighted by molar-refractivity contribution is 0.0870. The lowest BCUT2D eigenvalue weighted by Gasteiger charge is -2.30. The van der Waals surface area contributed by atoms with Crippen LogP contribution in [0.4, 0.5) is 4.79 Å². The van der Waals surface area contributed by atoms with Crippen LogP contribution in [0.1, 0.15) is 34.9 Å². The molecule has 26 heavy (non-hydrogen) atoms. The van der Waals surface area contributed by atoms with E-state index in [1.807, 2.05) is 43.5 Å². The molecule has 4 rings (SSSR count). The monoisotopic (exact) mass is 367 g/mol. The third kappa shape index (κ3) is 3.70. The van der Waals surface area contributed by atoms with Gasteiger partial charge >= 0.3 is 6.09 Å². The van der Waals surface area contributed by atoms with Gasteiger partial charge in [0.25, 0.3) is 0 Å². The third-order valence-electron chi connectivity index (χ3n) is 4.71. The number of hydrogen-bond donors (Lipinski definition) is 0. The van der Waals surface area contributed by atoms with Crippen LogP contribution in [-0.4, -0.2) is 34.1 Å². The number of thiazole rings is 1. The number of hydrogen-bond acceptors (Lipinski definition) is 5. The van der Waals surface area contributed by atoms with Crippen molar-refractivity contribution in [2.45, 2.75) is 32.3 Å². The van der Waals surface area contributed by atoms with E-state index in [2.05, 4.69) is 11.1 Å². The lowest BCUT2D eigenvalue weighted by Crippen LogP contribution is -2.38. The van der Waals surface area contributed by atoms with E-state index in [1.54, 1.807) is 16.2 Å². The van der Waals surface area contributed by atoms with Gasteiger partial charge in [0.1, 0.15) is 6.61 Å². The summed E-state index contributed by atoms with van der Waals surface area (Å²) in [5.74, 6) is 0.396. The Morgan fingerprint density at radius 2 is 2.04 bits per heavy atom. The highest BCUT2D eigenvalue weighted by atomic mass is 32.1. The first kappa shape index (κ1) is 17.0.